The molecule has 2 atom stereocenters. The Kier molecular flexibility index (Phi) is 10.4. The molecule has 30 heavy (non-hydrogen) atoms. The molecule has 0 aromatic heterocycles. The van der Waals surface area contributed by atoms with Gasteiger partial charge in [0, 0.05) is 52.9 Å². The number of nitrogens with one attached hydrogen (secondary N) is 1. The van der Waals surface area contributed by atoms with Crippen molar-refractivity contribution in [3.63, 3.8) is 0 Å². The van der Waals surface area contributed by atoms with Gasteiger partial charge in [0.25, 0.3) is 0 Å². The van der Waals surface area contributed by atoms with E-state index in [4.69, 9.17) is 0 Å². The van der Waals surface area contributed by atoms with Crippen molar-refractivity contribution < 1.29 is 4.79 Å². The second-order valence-electron chi connectivity index (χ2n) is 8.31. The third kappa shape index (κ3) is 6.57. The maximum Gasteiger partial charge on any atom is 0.239 e. The Morgan fingerprint density at radius 3 is 2.23 bits per heavy atom. The topological polar surface area (TPSA) is 51.2 Å². The van der Waals surface area contributed by atoms with E-state index in [0.717, 1.165) is 71.0 Å². The van der Waals surface area contributed by atoms with Crippen LogP contribution in [0.4, 0.5) is 0 Å². The number of guanidine groups is 1. The van der Waals surface area contributed by atoms with Crippen LogP contribution in [0.25, 0.3) is 0 Å². The molecular weight excluding hydrogens is 489 g/mol. The number of amides is 1. The van der Waals surface area contributed by atoms with E-state index < -0.39 is 0 Å². The largest absolute Gasteiger partial charge is 0.356 e. The standard InChI is InChI=1S/C23H37N5O.HI/c1-19(21-9-5-4-6-10-21)11-12-25-23(24-3)28-17-15-26(16-18-28)20(2)22(29)27-13-7-8-14-27;/h4-6,9-10,19-20H,7-8,11-18H2,1-3H3,(H,24,25);1H. The van der Waals surface area contributed by atoms with Crippen molar-refractivity contribution in [1.82, 2.24) is 20.0 Å². The monoisotopic (exact) mass is 527 g/mol. The van der Waals surface area contributed by atoms with E-state index >= 15 is 0 Å². The lowest BCUT2D eigenvalue weighted by Crippen LogP contribution is -2.57. The molecule has 1 N–H and O–H groups in total. The summed E-state index contributed by atoms with van der Waals surface area (Å²) in [5.41, 5.74) is 1.38. The van der Waals surface area contributed by atoms with E-state index in [9.17, 15) is 4.79 Å². The second kappa shape index (κ2) is 12.5. The number of likely N-dealkylation sites (tertiary alicyclic amines) is 1. The average Bonchev–Trinajstić information content (AvgIpc) is 3.31. The molecule has 0 saturated carbocycles. The van der Waals surface area contributed by atoms with Gasteiger partial charge in [-0.25, -0.2) is 0 Å². The number of hydrogen-bond donors (Lipinski definition) is 1. The van der Waals surface area contributed by atoms with Crippen LogP contribution in [0.3, 0.4) is 0 Å². The number of aliphatic imine (C=N–C) groups is 1. The SMILES string of the molecule is CN=C(NCCC(C)c1ccccc1)N1CCN(C(C)C(=O)N2CCCC2)CC1.I. The molecule has 3 rings (SSSR count). The smallest absolute Gasteiger partial charge is 0.239 e. The van der Waals surface area contributed by atoms with Crippen molar-refractivity contribution in [2.75, 3.05) is 52.9 Å². The molecule has 7 heteroatoms. The zero-order valence-corrected chi connectivity index (χ0v) is 21.0. The van der Waals surface area contributed by atoms with Crippen LogP contribution < -0.4 is 5.32 Å². The number of carbonyl (C=O) groups is 1. The Balaban J connectivity index is 0.00000320. The van der Waals surface area contributed by atoms with Gasteiger partial charge in [-0.15, -0.1) is 24.0 Å². The minimum atomic E-state index is -0.0167. The van der Waals surface area contributed by atoms with Gasteiger partial charge in [0.2, 0.25) is 5.91 Å². The molecule has 1 aromatic carbocycles. The first-order chi connectivity index (χ1) is 14.1. The lowest BCUT2D eigenvalue weighted by molar-refractivity contribution is -0.135. The zero-order valence-electron chi connectivity index (χ0n) is 18.7. The highest BCUT2D eigenvalue weighted by Gasteiger charge is 2.30. The molecule has 0 radical (unpaired) electrons. The van der Waals surface area contributed by atoms with Crippen LogP contribution in [0.5, 0.6) is 0 Å². The summed E-state index contributed by atoms with van der Waals surface area (Å²) in [5.74, 6) is 1.80. The van der Waals surface area contributed by atoms with Crippen LogP contribution in [0.1, 0.15) is 44.6 Å². The summed E-state index contributed by atoms with van der Waals surface area (Å²) >= 11 is 0. The minimum Gasteiger partial charge on any atom is -0.356 e. The van der Waals surface area contributed by atoms with Crippen LogP contribution in [0.15, 0.2) is 35.3 Å². The van der Waals surface area contributed by atoms with Gasteiger partial charge in [-0.2, -0.15) is 0 Å². The number of halogens is 1. The number of benzene rings is 1. The van der Waals surface area contributed by atoms with Crippen molar-refractivity contribution in [1.29, 1.82) is 0 Å². The van der Waals surface area contributed by atoms with Crippen LogP contribution in [0, 0.1) is 0 Å². The fraction of sp³-hybridized carbons (Fsp3) is 0.652. The van der Waals surface area contributed by atoms with E-state index in [2.05, 4.69) is 64.3 Å². The quantitative estimate of drug-likeness (QED) is 0.351. The van der Waals surface area contributed by atoms with E-state index in [0.29, 0.717) is 11.8 Å². The number of nitrogens with zero attached hydrogens (tertiary/aromatic N) is 4. The molecule has 168 valence electrons. The fourth-order valence-corrected chi connectivity index (χ4v) is 4.36. The highest BCUT2D eigenvalue weighted by Crippen LogP contribution is 2.18. The van der Waals surface area contributed by atoms with Gasteiger partial charge in [-0.05, 0) is 37.7 Å². The van der Waals surface area contributed by atoms with Crippen molar-refractivity contribution >= 4 is 35.8 Å². The van der Waals surface area contributed by atoms with Gasteiger partial charge in [-0.1, -0.05) is 37.3 Å². The summed E-state index contributed by atoms with van der Waals surface area (Å²) in [4.78, 5) is 23.8. The minimum absolute atomic E-state index is 0. The third-order valence-corrected chi connectivity index (χ3v) is 6.38. The molecular formula is C23H38IN5O. The number of piperazine rings is 1. The van der Waals surface area contributed by atoms with Crippen LogP contribution in [-0.4, -0.2) is 85.5 Å². The van der Waals surface area contributed by atoms with E-state index in [1.165, 1.54) is 5.56 Å². The molecule has 2 aliphatic rings. The van der Waals surface area contributed by atoms with Crippen LogP contribution in [0.2, 0.25) is 0 Å². The molecule has 6 nitrogen and oxygen atoms in total. The first kappa shape index (κ1) is 24.9. The molecule has 2 unspecified atom stereocenters. The number of hydrogen-bond acceptors (Lipinski definition) is 3. The molecule has 1 aromatic rings. The van der Waals surface area contributed by atoms with Gasteiger partial charge < -0.3 is 15.1 Å². The normalized spacial score (nSPS) is 19.9. The Morgan fingerprint density at radius 1 is 1.00 bits per heavy atom. The lowest BCUT2D eigenvalue weighted by atomic mass is 9.98. The van der Waals surface area contributed by atoms with Gasteiger partial charge >= 0.3 is 0 Å². The Hall–Kier alpha value is -1.35. The Labute approximate surface area is 199 Å². The zero-order chi connectivity index (χ0) is 20.6. The predicted molar refractivity (Wildman–Crippen MR) is 135 cm³/mol. The Morgan fingerprint density at radius 2 is 1.63 bits per heavy atom. The maximum absolute atomic E-state index is 12.7. The molecule has 0 aliphatic carbocycles. The van der Waals surface area contributed by atoms with E-state index in [1.54, 1.807) is 0 Å². The van der Waals surface area contributed by atoms with Crippen molar-refractivity contribution in [3.8, 4) is 0 Å². The average molecular weight is 527 g/mol. The summed E-state index contributed by atoms with van der Waals surface area (Å²) in [6.45, 7) is 10.7. The maximum atomic E-state index is 12.7. The highest BCUT2D eigenvalue weighted by atomic mass is 127. The predicted octanol–water partition coefficient (Wildman–Crippen LogP) is 3.00. The van der Waals surface area contributed by atoms with Crippen LogP contribution in [-0.2, 0) is 4.79 Å². The summed E-state index contributed by atoms with van der Waals surface area (Å²) < 4.78 is 0. The summed E-state index contributed by atoms with van der Waals surface area (Å²) in [6, 6.07) is 10.7. The number of carbonyl (C=O) groups excluding carboxylic acids is 1. The summed E-state index contributed by atoms with van der Waals surface area (Å²) in [5, 5.41) is 3.53. The van der Waals surface area contributed by atoms with Crippen molar-refractivity contribution in [3.05, 3.63) is 35.9 Å². The first-order valence-corrected chi connectivity index (χ1v) is 11.1. The first-order valence-electron chi connectivity index (χ1n) is 11.1. The third-order valence-electron chi connectivity index (χ3n) is 6.38. The number of rotatable bonds is 6. The summed E-state index contributed by atoms with van der Waals surface area (Å²) in [6.07, 6.45) is 3.37. The molecule has 0 spiro atoms. The summed E-state index contributed by atoms with van der Waals surface area (Å²) in [7, 11) is 1.86. The molecule has 1 amide bonds. The molecule has 2 fully saturated rings. The Bertz CT molecular complexity index is 669. The lowest BCUT2D eigenvalue weighted by Gasteiger charge is -2.39. The van der Waals surface area contributed by atoms with Crippen molar-refractivity contribution in [2.45, 2.75) is 45.1 Å². The van der Waals surface area contributed by atoms with Gasteiger partial charge in [0.1, 0.15) is 0 Å². The van der Waals surface area contributed by atoms with Gasteiger partial charge in [0.15, 0.2) is 5.96 Å². The van der Waals surface area contributed by atoms with E-state index in [1.807, 2.05) is 11.9 Å². The van der Waals surface area contributed by atoms with Crippen LogP contribution >= 0.6 is 24.0 Å². The molecule has 2 saturated heterocycles. The molecule has 0 bridgehead atoms. The fourth-order valence-electron chi connectivity index (χ4n) is 4.36. The van der Waals surface area contributed by atoms with E-state index in [-0.39, 0.29) is 30.0 Å². The highest BCUT2D eigenvalue weighted by molar-refractivity contribution is 14.0. The second-order valence-corrected chi connectivity index (χ2v) is 8.31. The molecule has 2 heterocycles. The van der Waals surface area contributed by atoms with Crippen molar-refractivity contribution in [2.24, 2.45) is 4.99 Å². The van der Waals surface area contributed by atoms with Gasteiger partial charge in [-0.3, -0.25) is 14.7 Å². The molecule has 2 aliphatic heterocycles. The van der Waals surface area contributed by atoms with Gasteiger partial charge in [0.05, 0.1) is 6.04 Å².